The van der Waals surface area contributed by atoms with Crippen molar-refractivity contribution in [1.82, 2.24) is 0 Å². The summed E-state index contributed by atoms with van der Waals surface area (Å²) in [5, 5.41) is 2.72. The molecular weight excluding hydrogens is 274 g/mol. The molecule has 0 unspecified atom stereocenters. The molecule has 0 spiro atoms. The maximum Gasteiger partial charge on any atom is 0.258 e. The van der Waals surface area contributed by atoms with Crippen LogP contribution in [0.1, 0.15) is 10.4 Å². The quantitative estimate of drug-likeness (QED) is 0.829. The molecule has 2 aromatic carbocycles. The molecule has 0 heterocycles. The Morgan fingerprint density at radius 2 is 1.89 bits per heavy atom. The lowest BCUT2D eigenvalue weighted by atomic mass is 10.2. The van der Waals surface area contributed by atoms with Crippen molar-refractivity contribution in [1.29, 1.82) is 0 Å². The highest BCUT2D eigenvalue weighted by atomic mass is 35.5. The van der Waals surface area contributed by atoms with Gasteiger partial charge in [0.25, 0.3) is 5.91 Å². The summed E-state index contributed by atoms with van der Waals surface area (Å²) in [5.41, 5.74) is 6.01. The molecule has 0 radical (unpaired) electrons. The molecule has 0 saturated carbocycles. The standard InChI is InChI=1S/C13H9ClF2N2O/c14-10-6-8(2-4-12(10)17)18-13(19)9-3-1-7(15)5-11(9)16/h1-6H,17H2,(H,18,19). The van der Waals surface area contributed by atoms with Crippen molar-refractivity contribution in [2.75, 3.05) is 11.1 Å². The third-order valence-electron chi connectivity index (χ3n) is 2.43. The van der Waals surface area contributed by atoms with Gasteiger partial charge in [-0.25, -0.2) is 8.78 Å². The summed E-state index contributed by atoms with van der Waals surface area (Å²) in [7, 11) is 0. The van der Waals surface area contributed by atoms with Gasteiger partial charge in [0.05, 0.1) is 16.3 Å². The third-order valence-corrected chi connectivity index (χ3v) is 2.76. The van der Waals surface area contributed by atoms with Crippen LogP contribution in [0.5, 0.6) is 0 Å². The number of nitrogen functional groups attached to an aromatic ring is 1. The normalized spacial score (nSPS) is 10.3. The third kappa shape index (κ3) is 3.00. The van der Waals surface area contributed by atoms with E-state index in [1.807, 2.05) is 0 Å². The van der Waals surface area contributed by atoms with E-state index in [1.165, 1.54) is 18.2 Å². The van der Waals surface area contributed by atoms with Crippen molar-refractivity contribution in [3.8, 4) is 0 Å². The maximum atomic E-state index is 13.4. The molecule has 0 atom stereocenters. The van der Waals surface area contributed by atoms with Crippen LogP contribution in [0.15, 0.2) is 36.4 Å². The van der Waals surface area contributed by atoms with E-state index in [0.717, 1.165) is 12.1 Å². The smallest absolute Gasteiger partial charge is 0.258 e. The van der Waals surface area contributed by atoms with Gasteiger partial charge in [0, 0.05) is 11.8 Å². The van der Waals surface area contributed by atoms with Crippen LogP contribution in [0.25, 0.3) is 0 Å². The van der Waals surface area contributed by atoms with E-state index >= 15 is 0 Å². The fourth-order valence-electron chi connectivity index (χ4n) is 1.48. The molecule has 0 fully saturated rings. The van der Waals surface area contributed by atoms with E-state index in [1.54, 1.807) is 0 Å². The van der Waals surface area contributed by atoms with Gasteiger partial charge in [0.15, 0.2) is 0 Å². The Bertz CT molecular complexity index is 647. The monoisotopic (exact) mass is 282 g/mol. The topological polar surface area (TPSA) is 55.1 Å². The first-order valence-electron chi connectivity index (χ1n) is 5.29. The van der Waals surface area contributed by atoms with E-state index < -0.39 is 17.5 Å². The van der Waals surface area contributed by atoms with Crippen LogP contribution in [0.3, 0.4) is 0 Å². The van der Waals surface area contributed by atoms with Crippen LogP contribution in [0.2, 0.25) is 5.02 Å². The van der Waals surface area contributed by atoms with Crippen LogP contribution in [0, 0.1) is 11.6 Å². The molecule has 0 aliphatic heterocycles. The van der Waals surface area contributed by atoms with Crippen molar-refractivity contribution in [3.05, 3.63) is 58.6 Å². The van der Waals surface area contributed by atoms with E-state index in [0.29, 0.717) is 17.4 Å². The Labute approximate surface area is 113 Å². The van der Waals surface area contributed by atoms with Gasteiger partial charge in [-0.15, -0.1) is 0 Å². The van der Waals surface area contributed by atoms with Crippen molar-refractivity contribution >= 4 is 28.9 Å². The average molecular weight is 283 g/mol. The number of nitrogens with one attached hydrogen (secondary N) is 1. The Balaban J connectivity index is 2.23. The van der Waals surface area contributed by atoms with Crippen molar-refractivity contribution in [3.63, 3.8) is 0 Å². The van der Waals surface area contributed by atoms with Gasteiger partial charge in [0.1, 0.15) is 11.6 Å². The minimum Gasteiger partial charge on any atom is -0.398 e. The van der Waals surface area contributed by atoms with Crippen LogP contribution in [-0.4, -0.2) is 5.91 Å². The molecule has 19 heavy (non-hydrogen) atoms. The molecule has 0 saturated heterocycles. The summed E-state index contributed by atoms with van der Waals surface area (Å²) >= 11 is 5.80. The molecule has 0 aliphatic rings. The van der Waals surface area contributed by atoms with Gasteiger partial charge in [-0.3, -0.25) is 4.79 Å². The second-order valence-electron chi connectivity index (χ2n) is 3.81. The minimum absolute atomic E-state index is 0.255. The first-order valence-corrected chi connectivity index (χ1v) is 5.66. The zero-order valence-electron chi connectivity index (χ0n) is 9.58. The number of rotatable bonds is 2. The predicted octanol–water partition coefficient (Wildman–Crippen LogP) is 3.45. The Morgan fingerprint density at radius 1 is 1.16 bits per heavy atom. The van der Waals surface area contributed by atoms with E-state index in [2.05, 4.69) is 5.32 Å². The number of carbonyl (C=O) groups is 1. The van der Waals surface area contributed by atoms with Crippen LogP contribution in [-0.2, 0) is 0 Å². The Hall–Kier alpha value is -2.14. The number of amides is 1. The summed E-state index contributed by atoms with van der Waals surface area (Å²) in [4.78, 5) is 11.8. The fraction of sp³-hybridized carbons (Fsp3) is 0. The number of benzene rings is 2. The molecule has 0 aromatic heterocycles. The summed E-state index contributed by atoms with van der Waals surface area (Å²) in [6.45, 7) is 0. The first kappa shape index (κ1) is 13.3. The highest BCUT2D eigenvalue weighted by Crippen LogP contribution is 2.23. The summed E-state index contributed by atoms with van der Waals surface area (Å²) in [6.07, 6.45) is 0. The fourth-order valence-corrected chi connectivity index (χ4v) is 1.66. The molecule has 2 aromatic rings. The van der Waals surface area contributed by atoms with Crippen LogP contribution < -0.4 is 11.1 Å². The number of anilines is 2. The van der Waals surface area contributed by atoms with Gasteiger partial charge in [0.2, 0.25) is 0 Å². The lowest BCUT2D eigenvalue weighted by Crippen LogP contribution is -2.14. The second kappa shape index (κ2) is 5.24. The van der Waals surface area contributed by atoms with Crippen molar-refractivity contribution < 1.29 is 13.6 Å². The van der Waals surface area contributed by atoms with Crippen LogP contribution in [0.4, 0.5) is 20.2 Å². The number of carbonyl (C=O) groups excluding carboxylic acids is 1. The SMILES string of the molecule is Nc1ccc(NC(=O)c2ccc(F)cc2F)cc1Cl. The van der Waals surface area contributed by atoms with Crippen molar-refractivity contribution in [2.24, 2.45) is 0 Å². The zero-order chi connectivity index (χ0) is 14.0. The van der Waals surface area contributed by atoms with Crippen LogP contribution >= 0.6 is 11.6 Å². The Kier molecular flexibility index (Phi) is 3.66. The van der Waals surface area contributed by atoms with Gasteiger partial charge < -0.3 is 11.1 Å². The van der Waals surface area contributed by atoms with E-state index in [9.17, 15) is 13.6 Å². The lowest BCUT2D eigenvalue weighted by Gasteiger charge is -2.07. The molecule has 98 valence electrons. The molecule has 0 aliphatic carbocycles. The molecule has 3 N–H and O–H groups in total. The first-order chi connectivity index (χ1) is 8.97. The Morgan fingerprint density at radius 3 is 2.53 bits per heavy atom. The van der Waals surface area contributed by atoms with Gasteiger partial charge >= 0.3 is 0 Å². The van der Waals surface area contributed by atoms with Gasteiger partial charge in [-0.2, -0.15) is 0 Å². The summed E-state index contributed by atoms with van der Waals surface area (Å²) in [5.74, 6) is -2.37. The zero-order valence-corrected chi connectivity index (χ0v) is 10.3. The number of hydrogen-bond acceptors (Lipinski definition) is 2. The predicted molar refractivity (Wildman–Crippen MR) is 70.2 cm³/mol. The summed E-state index contributed by atoms with van der Waals surface area (Å²) in [6, 6.07) is 7.20. The molecule has 1 amide bonds. The van der Waals surface area contributed by atoms with Gasteiger partial charge in [-0.05, 0) is 30.3 Å². The lowest BCUT2D eigenvalue weighted by molar-refractivity contribution is 0.102. The maximum absolute atomic E-state index is 13.4. The number of hydrogen-bond donors (Lipinski definition) is 2. The molecule has 3 nitrogen and oxygen atoms in total. The van der Waals surface area contributed by atoms with Gasteiger partial charge in [-0.1, -0.05) is 11.6 Å². The molecule has 0 bridgehead atoms. The van der Waals surface area contributed by atoms with Crippen molar-refractivity contribution in [2.45, 2.75) is 0 Å². The second-order valence-corrected chi connectivity index (χ2v) is 4.22. The van der Waals surface area contributed by atoms with E-state index in [4.69, 9.17) is 17.3 Å². The highest BCUT2D eigenvalue weighted by molar-refractivity contribution is 6.33. The molecule has 6 heteroatoms. The number of halogens is 3. The summed E-state index contributed by atoms with van der Waals surface area (Å²) < 4.78 is 26.1. The highest BCUT2D eigenvalue weighted by Gasteiger charge is 2.13. The number of nitrogens with two attached hydrogens (primary N) is 1. The molecular formula is C13H9ClF2N2O. The largest absolute Gasteiger partial charge is 0.398 e. The average Bonchev–Trinajstić information content (AvgIpc) is 2.33. The van der Waals surface area contributed by atoms with E-state index in [-0.39, 0.29) is 10.6 Å². The molecule has 2 rings (SSSR count). The minimum atomic E-state index is -0.931.